The van der Waals surface area contributed by atoms with Crippen LogP contribution < -0.4 is 4.74 Å². The lowest BCUT2D eigenvalue weighted by Gasteiger charge is -2.49. The van der Waals surface area contributed by atoms with Crippen LogP contribution in [0.3, 0.4) is 0 Å². The van der Waals surface area contributed by atoms with Crippen LogP contribution in [0.25, 0.3) is 0 Å². The Morgan fingerprint density at radius 3 is 2.36 bits per heavy atom. The summed E-state index contributed by atoms with van der Waals surface area (Å²) in [7, 11) is 0. The van der Waals surface area contributed by atoms with Crippen LogP contribution in [0.4, 0.5) is 0 Å². The summed E-state index contributed by atoms with van der Waals surface area (Å²) >= 11 is 0. The zero-order chi connectivity index (χ0) is 16.1. The molecule has 2 aliphatic heterocycles. The molecule has 22 heavy (non-hydrogen) atoms. The first-order chi connectivity index (χ1) is 10.3. The van der Waals surface area contributed by atoms with E-state index in [1.165, 1.54) is 24.0 Å². The zero-order valence-electron chi connectivity index (χ0n) is 14.5. The van der Waals surface area contributed by atoms with Crippen LogP contribution in [-0.4, -0.2) is 34.7 Å². The Labute approximate surface area is 134 Å². The Kier molecular flexibility index (Phi) is 3.98. The number of hydrogen-bond acceptors (Lipinski definition) is 3. The first kappa shape index (κ1) is 15.8. The van der Waals surface area contributed by atoms with Crippen LogP contribution in [0.2, 0.25) is 0 Å². The van der Waals surface area contributed by atoms with E-state index in [4.69, 9.17) is 4.74 Å². The third-order valence-electron chi connectivity index (χ3n) is 5.54. The molecule has 0 radical (unpaired) electrons. The molecule has 3 nitrogen and oxygen atoms in total. The number of fused-ring (bicyclic) bond motifs is 1. The molecule has 0 aromatic heterocycles. The number of rotatable bonds is 1. The fraction of sp³-hybridized carbons (Fsp3) is 0.684. The maximum atomic E-state index is 11.1. The van der Waals surface area contributed by atoms with E-state index in [0.717, 1.165) is 30.3 Å². The molecule has 1 aromatic rings. The second-order valence-electron chi connectivity index (χ2n) is 7.79. The van der Waals surface area contributed by atoms with Gasteiger partial charge in [-0.05, 0) is 82.8 Å². The minimum atomic E-state index is -0.480. The quantitative estimate of drug-likeness (QED) is 0.860. The third kappa shape index (κ3) is 2.65. The SMILES string of the molecule is Cc1cc2c(cc1C)C(O)C(N1CCC(C)CC1)C(C)(C)O2. The minimum Gasteiger partial charge on any atom is -0.486 e. The largest absolute Gasteiger partial charge is 0.486 e. The minimum absolute atomic E-state index is 0.0228. The predicted molar refractivity (Wildman–Crippen MR) is 89.3 cm³/mol. The summed E-state index contributed by atoms with van der Waals surface area (Å²) in [6.45, 7) is 12.8. The molecule has 2 unspecified atom stereocenters. The topological polar surface area (TPSA) is 32.7 Å². The van der Waals surface area contributed by atoms with Crippen molar-refractivity contribution in [3.8, 4) is 5.75 Å². The van der Waals surface area contributed by atoms with Crippen molar-refractivity contribution in [2.24, 2.45) is 5.92 Å². The molecule has 1 N–H and O–H groups in total. The van der Waals surface area contributed by atoms with Crippen molar-refractivity contribution >= 4 is 0 Å². The van der Waals surface area contributed by atoms with E-state index >= 15 is 0 Å². The highest BCUT2D eigenvalue weighted by Gasteiger charge is 2.46. The fourth-order valence-corrected chi connectivity index (χ4v) is 3.97. The van der Waals surface area contributed by atoms with Crippen LogP contribution >= 0.6 is 0 Å². The van der Waals surface area contributed by atoms with Crippen LogP contribution in [0.1, 0.15) is 56.4 Å². The van der Waals surface area contributed by atoms with Gasteiger partial charge in [-0.15, -0.1) is 0 Å². The first-order valence-electron chi connectivity index (χ1n) is 8.52. The highest BCUT2D eigenvalue weighted by Crippen LogP contribution is 2.43. The summed E-state index contributed by atoms with van der Waals surface area (Å²) in [6.07, 6.45) is 1.93. The maximum absolute atomic E-state index is 11.1. The first-order valence-corrected chi connectivity index (χ1v) is 8.52. The van der Waals surface area contributed by atoms with Crippen molar-refractivity contribution < 1.29 is 9.84 Å². The van der Waals surface area contributed by atoms with E-state index in [1.807, 2.05) is 0 Å². The average molecular weight is 303 g/mol. The standard InChI is InChI=1S/C19H29NO2/c1-12-6-8-20(9-7-12)18-17(21)15-10-13(2)14(3)11-16(15)22-19(18,4)5/h10-12,17-18,21H,6-9H2,1-5H3. The van der Waals surface area contributed by atoms with Crippen LogP contribution in [0.15, 0.2) is 12.1 Å². The van der Waals surface area contributed by atoms with Gasteiger partial charge in [0.25, 0.3) is 0 Å². The van der Waals surface area contributed by atoms with Gasteiger partial charge in [0.1, 0.15) is 17.5 Å². The molecule has 1 fully saturated rings. The van der Waals surface area contributed by atoms with E-state index < -0.39 is 6.10 Å². The summed E-state index contributed by atoms with van der Waals surface area (Å²) in [5.41, 5.74) is 3.00. The smallest absolute Gasteiger partial charge is 0.126 e. The molecule has 0 spiro atoms. The maximum Gasteiger partial charge on any atom is 0.126 e. The molecule has 1 saturated heterocycles. The normalized spacial score (nSPS) is 29.0. The van der Waals surface area contributed by atoms with Gasteiger partial charge in [0.2, 0.25) is 0 Å². The van der Waals surface area contributed by atoms with Gasteiger partial charge in [-0.3, -0.25) is 4.90 Å². The van der Waals surface area contributed by atoms with Crippen molar-refractivity contribution in [1.82, 2.24) is 4.90 Å². The van der Waals surface area contributed by atoms with Gasteiger partial charge in [0, 0.05) is 5.56 Å². The lowest BCUT2D eigenvalue weighted by atomic mass is 9.82. The summed E-state index contributed by atoms with van der Waals surface area (Å²) in [4.78, 5) is 2.43. The van der Waals surface area contributed by atoms with Gasteiger partial charge in [-0.1, -0.05) is 6.92 Å². The molecule has 3 heteroatoms. The van der Waals surface area contributed by atoms with Crippen molar-refractivity contribution in [2.75, 3.05) is 13.1 Å². The Morgan fingerprint density at radius 2 is 1.73 bits per heavy atom. The molecule has 1 aromatic carbocycles. The molecule has 3 rings (SSSR count). The van der Waals surface area contributed by atoms with E-state index in [2.05, 4.69) is 51.7 Å². The van der Waals surface area contributed by atoms with E-state index in [9.17, 15) is 5.11 Å². The summed E-state index contributed by atoms with van der Waals surface area (Å²) in [6, 6.07) is 4.20. The van der Waals surface area contributed by atoms with Gasteiger partial charge in [0.15, 0.2) is 0 Å². The zero-order valence-corrected chi connectivity index (χ0v) is 14.5. The molecule has 0 amide bonds. The number of aryl methyl sites for hydroxylation is 2. The summed E-state index contributed by atoms with van der Waals surface area (Å²) in [5.74, 6) is 1.64. The van der Waals surface area contributed by atoms with Crippen molar-refractivity contribution in [3.05, 3.63) is 28.8 Å². The monoisotopic (exact) mass is 303 g/mol. The van der Waals surface area contributed by atoms with Gasteiger partial charge >= 0.3 is 0 Å². The fourth-order valence-electron chi connectivity index (χ4n) is 3.97. The lowest BCUT2D eigenvalue weighted by molar-refractivity contribution is -0.0902. The van der Waals surface area contributed by atoms with Gasteiger partial charge in [-0.25, -0.2) is 0 Å². The Bertz CT molecular complexity index is 559. The molecule has 0 bridgehead atoms. The number of ether oxygens (including phenoxy) is 1. The third-order valence-corrected chi connectivity index (χ3v) is 5.54. The molecule has 122 valence electrons. The number of likely N-dealkylation sites (tertiary alicyclic amines) is 1. The van der Waals surface area contributed by atoms with Crippen molar-refractivity contribution in [3.63, 3.8) is 0 Å². The van der Waals surface area contributed by atoms with E-state index in [0.29, 0.717) is 0 Å². The van der Waals surface area contributed by atoms with Crippen molar-refractivity contribution in [2.45, 2.75) is 65.2 Å². The second kappa shape index (κ2) is 5.54. The predicted octanol–water partition coefficient (Wildman–Crippen LogP) is 3.61. The number of benzene rings is 1. The number of piperidine rings is 1. The molecular formula is C19H29NO2. The average Bonchev–Trinajstić information content (AvgIpc) is 2.43. The molecular weight excluding hydrogens is 274 g/mol. The summed E-state index contributed by atoms with van der Waals surface area (Å²) in [5, 5.41) is 11.1. The Morgan fingerprint density at radius 1 is 1.14 bits per heavy atom. The molecule has 2 aliphatic rings. The van der Waals surface area contributed by atoms with Crippen LogP contribution in [-0.2, 0) is 0 Å². The molecule has 2 heterocycles. The second-order valence-corrected chi connectivity index (χ2v) is 7.79. The Hall–Kier alpha value is -1.06. The van der Waals surface area contributed by atoms with Gasteiger partial charge in [-0.2, -0.15) is 0 Å². The molecule has 2 atom stereocenters. The van der Waals surface area contributed by atoms with Crippen LogP contribution in [0.5, 0.6) is 5.75 Å². The number of aliphatic hydroxyl groups is 1. The summed E-state index contributed by atoms with van der Waals surface area (Å²) < 4.78 is 6.32. The number of hydrogen-bond donors (Lipinski definition) is 1. The molecule has 0 saturated carbocycles. The number of aliphatic hydroxyl groups excluding tert-OH is 1. The lowest BCUT2D eigenvalue weighted by Crippen LogP contribution is -2.59. The van der Waals surface area contributed by atoms with Gasteiger partial charge < -0.3 is 9.84 Å². The molecule has 0 aliphatic carbocycles. The highest BCUT2D eigenvalue weighted by atomic mass is 16.5. The highest BCUT2D eigenvalue weighted by molar-refractivity contribution is 5.46. The number of nitrogens with zero attached hydrogens (tertiary/aromatic N) is 1. The Balaban J connectivity index is 1.95. The van der Waals surface area contributed by atoms with E-state index in [-0.39, 0.29) is 11.6 Å². The van der Waals surface area contributed by atoms with Crippen molar-refractivity contribution in [1.29, 1.82) is 0 Å². The van der Waals surface area contributed by atoms with Crippen LogP contribution in [0, 0.1) is 19.8 Å². The van der Waals surface area contributed by atoms with Gasteiger partial charge in [0.05, 0.1) is 6.04 Å². The van der Waals surface area contributed by atoms with E-state index in [1.54, 1.807) is 0 Å².